The summed E-state index contributed by atoms with van der Waals surface area (Å²) in [7, 11) is 0. The van der Waals surface area contributed by atoms with Crippen LogP contribution in [0.25, 0.3) is 4.85 Å². The van der Waals surface area contributed by atoms with Crippen molar-refractivity contribution in [3.05, 3.63) is 11.4 Å². The zero-order chi connectivity index (χ0) is 28.9. The molecule has 0 aromatic carbocycles. The normalized spacial score (nSPS) is 14.8. The second-order valence-electron chi connectivity index (χ2n) is 6.12. The van der Waals surface area contributed by atoms with Crippen LogP contribution in [0.5, 0.6) is 0 Å². The van der Waals surface area contributed by atoms with Gasteiger partial charge in [0.1, 0.15) is 0 Å². The lowest BCUT2D eigenvalue weighted by atomic mass is 10.0. The van der Waals surface area contributed by atoms with Crippen LogP contribution in [0.4, 0.5) is 79.0 Å². The molecule has 0 unspecified atom stereocenters. The number of hydrogen-bond donors (Lipinski definition) is 1. The minimum Gasteiger partial charge on any atom is -0.305 e. The summed E-state index contributed by atoms with van der Waals surface area (Å²) in [5, 5.41) is 0. The molecule has 35 heavy (non-hydrogen) atoms. The summed E-state index contributed by atoms with van der Waals surface area (Å²) in [6.07, 6.45) is -17.3. The van der Waals surface area contributed by atoms with Gasteiger partial charge in [-0.05, 0) is 5.75 Å². The standard InChI is InChI=1S/C8H6F9NS.C6H5F9S/c1-18-4-19-3-2-5(9,10)6(11,12)7(13,14)8(15,16)17;7-3(8,1-2-16)4(9,10)5(11,12)6(13,14)15/h2-4H2;16H,1-2H2. The van der Waals surface area contributed by atoms with E-state index in [1.807, 2.05) is 0 Å². The predicted octanol–water partition coefficient (Wildman–Crippen LogP) is 8.23. The molecule has 21 heteroatoms. The number of rotatable bonds is 10. The Balaban J connectivity index is 0. The van der Waals surface area contributed by atoms with Gasteiger partial charge in [0.25, 0.3) is 5.88 Å². The molecule has 0 amide bonds. The minimum atomic E-state index is -6.84. The molecule has 0 aliphatic carbocycles. The molecule has 0 saturated carbocycles. The van der Waals surface area contributed by atoms with Gasteiger partial charge < -0.3 is 4.85 Å². The third-order valence-electron chi connectivity index (χ3n) is 3.56. The van der Waals surface area contributed by atoms with Crippen LogP contribution in [0, 0.1) is 6.57 Å². The second kappa shape index (κ2) is 11.5. The Morgan fingerprint density at radius 3 is 1.11 bits per heavy atom. The van der Waals surface area contributed by atoms with E-state index in [0.29, 0.717) is 11.8 Å². The number of nitrogens with zero attached hydrogens (tertiary/aromatic N) is 1. The van der Waals surface area contributed by atoms with Crippen molar-refractivity contribution in [3.8, 4) is 0 Å². The van der Waals surface area contributed by atoms with Crippen LogP contribution >= 0.6 is 24.4 Å². The highest BCUT2D eigenvalue weighted by Gasteiger charge is 2.82. The first-order valence-corrected chi connectivity index (χ1v) is 9.83. The summed E-state index contributed by atoms with van der Waals surface area (Å²) in [5.41, 5.74) is 0. The fourth-order valence-electron chi connectivity index (χ4n) is 1.58. The summed E-state index contributed by atoms with van der Waals surface area (Å²) < 4.78 is 219. The molecule has 0 aliphatic heterocycles. The molecule has 0 rings (SSSR count). The summed E-state index contributed by atoms with van der Waals surface area (Å²) in [6.45, 7) is 6.24. The van der Waals surface area contributed by atoms with Crippen molar-refractivity contribution in [1.29, 1.82) is 0 Å². The zero-order valence-corrected chi connectivity index (χ0v) is 17.9. The van der Waals surface area contributed by atoms with Gasteiger partial charge in [-0.1, -0.05) is 11.8 Å². The molecule has 0 atom stereocenters. The Hall–Kier alpha value is -1.07. The minimum absolute atomic E-state index is 0.392. The van der Waals surface area contributed by atoms with Crippen LogP contribution in [0.2, 0.25) is 0 Å². The van der Waals surface area contributed by atoms with Gasteiger partial charge in [-0.2, -0.15) is 91.7 Å². The molecular weight excluding hydrogens is 588 g/mol. The van der Waals surface area contributed by atoms with Gasteiger partial charge in [-0.3, -0.25) is 0 Å². The maximum Gasteiger partial charge on any atom is 0.460 e. The van der Waals surface area contributed by atoms with E-state index in [-0.39, 0.29) is 0 Å². The van der Waals surface area contributed by atoms with Crippen molar-refractivity contribution >= 4 is 24.4 Å². The van der Waals surface area contributed by atoms with Crippen molar-refractivity contribution in [2.24, 2.45) is 0 Å². The summed E-state index contributed by atoms with van der Waals surface area (Å²) in [6, 6.07) is 0. The van der Waals surface area contributed by atoms with Crippen LogP contribution in [-0.4, -0.2) is 65.3 Å². The van der Waals surface area contributed by atoms with E-state index < -0.39 is 78.1 Å². The lowest BCUT2D eigenvalue weighted by Crippen LogP contribution is -2.60. The average molecular weight is 599 g/mol. The molecule has 0 radical (unpaired) electrons. The molecule has 0 aromatic heterocycles. The van der Waals surface area contributed by atoms with Gasteiger partial charge in [0, 0.05) is 18.6 Å². The highest BCUT2D eigenvalue weighted by atomic mass is 32.2. The van der Waals surface area contributed by atoms with E-state index in [0.717, 1.165) is 0 Å². The summed E-state index contributed by atoms with van der Waals surface area (Å²) in [4.78, 5) is 2.66. The van der Waals surface area contributed by atoms with Gasteiger partial charge in [0.15, 0.2) is 0 Å². The first kappa shape index (κ1) is 36.1. The first-order valence-electron chi connectivity index (χ1n) is 8.04. The summed E-state index contributed by atoms with van der Waals surface area (Å²) >= 11 is 3.50. The monoisotopic (exact) mass is 599 g/mol. The van der Waals surface area contributed by atoms with Crippen LogP contribution in [-0.2, 0) is 0 Å². The van der Waals surface area contributed by atoms with Gasteiger partial charge in [0.2, 0.25) is 0 Å². The molecule has 0 heterocycles. The number of halogens is 18. The molecule has 0 saturated heterocycles. The molecule has 1 nitrogen and oxygen atoms in total. The highest BCUT2D eigenvalue weighted by molar-refractivity contribution is 7.99. The number of hydrogen-bond acceptors (Lipinski definition) is 2. The van der Waals surface area contributed by atoms with Crippen molar-refractivity contribution < 1.29 is 79.0 Å². The van der Waals surface area contributed by atoms with E-state index in [1.54, 1.807) is 0 Å². The van der Waals surface area contributed by atoms with E-state index in [1.165, 1.54) is 0 Å². The van der Waals surface area contributed by atoms with Crippen molar-refractivity contribution in [2.45, 2.75) is 60.7 Å². The number of thiol groups is 1. The lowest BCUT2D eigenvalue weighted by molar-refractivity contribution is -0.396. The van der Waals surface area contributed by atoms with Crippen LogP contribution in [0.3, 0.4) is 0 Å². The third kappa shape index (κ3) is 7.71. The Kier molecular flexibility index (Phi) is 11.9. The molecule has 0 fully saturated rings. The fourth-order valence-corrected chi connectivity index (χ4v) is 2.48. The highest BCUT2D eigenvalue weighted by Crippen LogP contribution is 2.55. The molecule has 0 aromatic rings. The van der Waals surface area contributed by atoms with Gasteiger partial charge in [-0.25, -0.2) is 6.57 Å². The zero-order valence-electron chi connectivity index (χ0n) is 16.1. The number of thioether (sulfide) groups is 1. The van der Waals surface area contributed by atoms with Gasteiger partial charge >= 0.3 is 47.9 Å². The third-order valence-corrected chi connectivity index (χ3v) is 4.59. The van der Waals surface area contributed by atoms with Gasteiger partial charge in [-0.15, -0.1) is 0 Å². The second-order valence-corrected chi connectivity index (χ2v) is 7.64. The first-order chi connectivity index (χ1) is 15.1. The van der Waals surface area contributed by atoms with E-state index in [9.17, 15) is 79.0 Å². The topological polar surface area (TPSA) is 4.36 Å². The SMILES string of the molecule is FC(F)(F)C(F)(F)C(F)(F)C(F)(F)CCS.[C-]#[N+]CSCCC(F)(F)C(F)(F)C(F)(F)C(F)(F)F. The van der Waals surface area contributed by atoms with Crippen molar-refractivity contribution in [3.63, 3.8) is 0 Å². The smallest absolute Gasteiger partial charge is 0.305 e. The molecule has 210 valence electrons. The van der Waals surface area contributed by atoms with Crippen LogP contribution < -0.4 is 0 Å². The van der Waals surface area contributed by atoms with Crippen molar-refractivity contribution in [1.82, 2.24) is 0 Å². The predicted molar refractivity (Wildman–Crippen MR) is 88.8 cm³/mol. The molecular formula is C14H11F18NS2. The Morgan fingerprint density at radius 1 is 0.543 bits per heavy atom. The maximum atomic E-state index is 12.8. The van der Waals surface area contributed by atoms with E-state index >= 15 is 0 Å². The van der Waals surface area contributed by atoms with Crippen LogP contribution in [0.1, 0.15) is 12.8 Å². The van der Waals surface area contributed by atoms with E-state index in [4.69, 9.17) is 6.57 Å². The van der Waals surface area contributed by atoms with Gasteiger partial charge in [0.05, 0.1) is 0 Å². The van der Waals surface area contributed by atoms with E-state index in [2.05, 4.69) is 17.5 Å². The Morgan fingerprint density at radius 2 is 0.857 bits per heavy atom. The maximum absolute atomic E-state index is 12.8. The van der Waals surface area contributed by atoms with Crippen molar-refractivity contribution in [2.75, 3.05) is 17.4 Å². The fraction of sp³-hybridized carbons (Fsp3) is 0.929. The van der Waals surface area contributed by atoms with Crippen LogP contribution in [0.15, 0.2) is 0 Å². The molecule has 0 bridgehead atoms. The lowest BCUT2D eigenvalue weighted by Gasteiger charge is -2.33. The molecule has 0 spiro atoms. The summed E-state index contributed by atoms with van der Waals surface area (Å²) in [5.74, 6) is -39.9. The largest absolute Gasteiger partial charge is 0.460 e. The Labute approximate surface area is 193 Å². The molecule has 0 aliphatic rings. The Bertz CT molecular complexity index is 705. The average Bonchev–Trinajstić information content (AvgIpc) is 2.63. The number of alkyl halides is 18. The quantitative estimate of drug-likeness (QED) is 0.115. The molecule has 0 N–H and O–H groups in total.